The second-order valence-electron chi connectivity index (χ2n) is 6.53. The smallest absolute Gasteiger partial charge is 0.273 e. The van der Waals surface area contributed by atoms with E-state index in [1.54, 1.807) is 24.3 Å². The number of hydrazine groups is 1. The minimum atomic E-state index is -3.64. The van der Waals surface area contributed by atoms with Gasteiger partial charge in [0.15, 0.2) is 0 Å². The lowest BCUT2D eigenvalue weighted by molar-refractivity contribution is -0.126. The maximum absolute atomic E-state index is 12.8. The summed E-state index contributed by atoms with van der Waals surface area (Å²) in [7, 11) is -3.64. The van der Waals surface area contributed by atoms with E-state index >= 15 is 0 Å². The normalized spacial score (nSPS) is 17.8. The molecule has 1 aromatic carbocycles. The zero-order valence-corrected chi connectivity index (χ0v) is 16.8. The van der Waals surface area contributed by atoms with Gasteiger partial charge in [-0.2, -0.15) is 4.31 Å². The molecule has 3 N–H and O–H groups in total. The van der Waals surface area contributed by atoms with Crippen molar-refractivity contribution in [1.29, 1.82) is 0 Å². The maximum Gasteiger partial charge on any atom is 0.273 e. The van der Waals surface area contributed by atoms with Crippen molar-refractivity contribution in [2.75, 3.05) is 13.1 Å². The number of phenolic OH excluding ortho intramolecular Hbond substituents is 1. The van der Waals surface area contributed by atoms with Crippen LogP contribution in [0.4, 0.5) is 0 Å². The predicted octanol–water partition coefficient (Wildman–Crippen LogP) is 1.62. The number of phenols is 1. The number of hydrogen-bond donors (Lipinski definition) is 3. The van der Waals surface area contributed by atoms with Gasteiger partial charge in [-0.05, 0) is 44.0 Å². The number of carbonyl (C=O) groups is 2. The van der Waals surface area contributed by atoms with Crippen molar-refractivity contribution < 1.29 is 23.1 Å². The van der Waals surface area contributed by atoms with Gasteiger partial charge in [0.05, 0.1) is 11.5 Å². The standard InChI is InChI=1S/C18H21N3O5S2/c1-12-8-9-16(27-12)28(25,26)21-10-4-5-13(11-21)17(23)19-20-18(24)14-6-2-3-7-15(14)22/h2-3,6-9,13,22H,4-5,10-11H2,1H3,(H,19,23)(H,20,24)/t13-/m0/s1. The predicted molar refractivity (Wildman–Crippen MR) is 104 cm³/mol. The summed E-state index contributed by atoms with van der Waals surface area (Å²) in [5, 5.41) is 9.68. The highest BCUT2D eigenvalue weighted by Gasteiger charge is 2.34. The van der Waals surface area contributed by atoms with Crippen LogP contribution in [0.2, 0.25) is 0 Å². The van der Waals surface area contributed by atoms with Crippen molar-refractivity contribution in [2.45, 2.75) is 24.0 Å². The Bertz CT molecular complexity index is 987. The third-order valence-corrected chi connectivity index (χ3v) is 7.85. The minimum absolute atomic E-state index is 0.0312. The van der Waals surface area contributed by atoms with Crippen LogP contribution >= 0.6 is 11.3 Å². The van der Waals surface area contributed by atoms with Crippen LogP contribution in [-0.4, -0.2) is 42.7 Å². The number of amides is 2. The summed E-state index contributed by atoms with van der Waals surface area (Å²) in [6.45, 7) is 2.24. The topological polar surface area (TPSA) is 116 Å². The lowest BCUT2D eigenvalue weighted by Crippen LogP contribution is -2.49. The quantitative estimate of drug-likeness (QED) is 0.647. The van der Waals surface area contributed by atoms with Gasteiger partial charge in [0.2, 0.25) is 5.91 Å². The molecule has 28 heavy (non-hydrogen) atoms. The lowest BCUT2D eigenvalue weighted by Gasteiger charge is -2.30. The number of benzene rings is 1. The van der Waals surface area contributed by atoms with Gasteiger partial charge in [-0.1, -0.05) is 12.1 Å². The van der Waals surface area contributed by atoms with E-state index in [0.717, 1.165) is 4.88 Å². The summed E-state index contributed by atoms with van der Waals surface area (Å²) < 4.78 is 27.1. The van der Waals surface area contributed by atoms with Gasteiger partial charge in [0.1, 0.15) is 9.96 Å². The molecule has 150 valence electrons. The third-order valence-electron chi connectivity index (χ3n) is 4.51. The molecule has 1 saturated heterocycles. The Hall–Kier alpha value is -2.43. The van der Waals surface area contributed by atoms with E-state index in [2.05, 4.69) is 10.9 Å². The second kappa shape index (κ2) is 8.29. The fourth-order valence-electron chi connectivity index (χ4n) is 3.01. The highest BCUT2D eigenvalue weighted by atomic mass is 32.2. The Morgan fingerprint density at radius 2 is 1.93 bits per heavy atom. The van der Waals surface area contributed by atoms with Gasteiger partial charge in [0, 0.05) is 18.0 Å². The molecule has 1 fully saturated rings. The van der Waals surface area contributed by atoms with Crippen LogP contribution in [0, 0.1) is 12.8 Å². The van der Waals surface area contributed by atoms with Crippen molar-refractivity contribution in [3.63, 3.8) is 0 Å². The largest absolute Gasteiger partial charge is 0.507 e. The van der Waals surface area contributed by atoms with E-state index in [-0.39, 0.29) is 22.1 Å². The van der Waals surface area contributed by atoms with Crippen LogP contribution < -0.4 is 10.9 Å². The summed E-state index contributed by atoms with van der Waals surface area (Å²) >= 11 is 1.20. The molecule has 0 spiro atoms. The molecule has 1 aliphatic rings. The number of aryl methyl sites for hydroxylation is 1. The molecular weight excluding hydrogens is 402 g/mol. The molecule has 1 aromatic heterocycles. The molecule has 8 nitrogen and oxygen atoms in total. The Labute approximate surface area is 167 Å². The molecule has 0 saturated carbocycles. The summed E-state index contributed by atoms with van der Waals surface area (Å²) in [6.07, 6.45) is 1.07. The highest BCUT2D eigenvalue weighted by molar-refractivity contribution is 7.91. The Morgan fingerprint density at radius 1 is 1.18 bits per heavy atom. The molecule has 2 aromatic rings. The van der Waals surface area contributed by atoms with E-state index < -0.39 is 27.8 Å². The zero-order chi connectivity index (χ0) is 20.3. The van der Waals surface area contributed by atoms with Gasteiger partial charge in [-0.3, -0.25) is 20.4 Å². The number of carbonyl (C=O) groups excluding carboxylic acids is 2. The minimum Gasteiger partial charge on any atom is -0.507 e. The number of nitrogens with one attached hydrogen (secondary N) is 2. The van der Waals surface area contributed by atoms with Crippen molar-refractivity contribution in [1.82, 2.24) is 15.2 Å². The molecule has 10 heteroatoms. The Balaban J connectivity index is 1.62. The van der Waals surface area contributed by atoms with Crippen LogP contribution in [0.3, 0.4) is 0 Å². The first kappa shape index (κ1) is 20.3. The molecule has 0 bridgehead atoms. The average molecular weight is 424 g/mol. The fourth-order valence-corrected chi connectivity index (χ4v) is 5.97. The number of piperidine rings is 1. The monoisotopic (exact) mass is 423 g/mol. The van der Waals surface area contributed by atoms with Gasteiger partial charge in [-0.25, -0.2) is 8.42 Å². The third kappa shape index (κ3) is 4.34. The van der Waals surface area contributed by atoms with E-state index in [1.807, 2.05) is 6.92 Å². The summed E-state index contributed by atoms with van der Waals surface area (Å²) in [4.78, 5) is 25.4. The molecule has 0 aliphatic carbocycles. The number of thiophene rings is 1. The van der Waals surface area contributed by atoms with E-state index in [0.29, 0.717) is 19.4 Å². The number of sulfonamides is 1. The van der Waals surface area contributed by atoms with Crippen LogP contribution in [-0.2, 0) is 14.8 Å². The van der Waals surface area contributed by atoms with Crippen molar-refractivity contribution in [2.24, 2.45) is 5.92 Å². The van der Waals surface area contributed by atoms with Crippen LogP contribution in [0.5, 0.6) is 5.75 Å². The number of hydrogen-bond acceptors (Lipinski definition) is 6. The first-order chi connectivity index (χ1) is 13.3. The van der Waals surface area contributed by atoms with Crippen LogP contribution in [0.1, 0.15) is 28.1 Å². The zero-order valence-electron chi connectivity index (χ0n) is 15.2. The van der Waals surface area contributed by atoms with E-state index in [4.69, 9.17) is 0 Å². The molecule has 2 heterocycles. The molecule has 1 aliphatic heterocycles. The molecule has 3 rings (SSSR count). The van der Waals surface area contributed by atoms with Gasteiger partial charge in [-0.15, -0.1) is 11.3 Å². The van der Waals surface area contributed by atoms with Crippen molar-refractivity contribution in [3.05, 3.63) is 46.8 Å². The fraction of sp³-hybridized carbons (Fsp3) is 0.333. The maximum atomic E-state index is 12.8. The SMILES string of the molecule is Cc1ccc(S(=O)(=O)N2CCC[C@H](C(=O)NNC(=O)c3ccccc3O)C2)s1. The lowest BCUT2D eigenvalue weighted by atomic mass is 9.99. The molecule has 1 atom stereocenters. The van der Waals surface area contributed by atoms with Gasteiger partial charge >= 0.3 is 0 Å². The first-order valence-corrected chi connectivity index (χ1v) is 11.0. The molecule has 2 amide bonds. The highest BCUT2D eigenvalue weighted by Crippen LogP contribution is 2.28. The van der Waals surface area contributed by atoms with Gasteiger partial charge in [0.25, 0.3) is 15.9 Å². The van der Waals surface area contributed by atoms with E-state index in [1.165, 1.54) is 27.8 Å². The molecular formula is C18H21N3O5S2. The number of aromatic hydroxyl groups is 1. The second-order valence-corrected chi connectivity index (χ2v) is 9.98. The Kier molecular flexibility index (Phi) is 6.01. The van der Waals surface area contributed by atoms with Gasteiger partial charge < -0.3 is 5.11 Å². The van der Waals surface area contributed by atoms with Crippen molar-refractivity contribution in [3.8, 4) is 5.75 Å². The number of nitrogens with zero attached hydrogens (tertiary/aromatic N) is 1. The average Bonchev–Trinajstić information content (AvgIpc) is 3.13. The summed E-state index contributed by atoms with van der Waals surface area (Å²) in [5.41, 5.74) is 4.62. The van der Waals surface area contributed by atoms with Crippen molar-refractivity contribution >= 4 is 33.2 Å². The number of rotatable bonds is 4. The first-order valence-electron chi connectivity index (χ1n) is 8.74. The molecule has 0 radical (unpaired) electrons. The summed E-state index contributed by atoms with van der Waals surface area (Å²) in [6, 6.07) is 9.29. The van der Waals surface area contributed by atoms with Crippen LogP contribution in [0.15, 0.2) is 40.6 Å². The number of para-hydroxylation sites is 1. The van der Waals surface area contributed by atoms with Crippen LogP contribution in [0.25, 0.3) is 0 Å². The Morgan fingerprint density at radius 3 is 2.61 bits per heavy atom. The van der Waals surface area contributed by atoms with E-state index in [9.17, 15) is 23.1 Å². The summed E-state index contributed by atoms with van der Waals surface area (Å²) in [5.74, 6) is -1.89. The molecule has 0 unspecified atom stereocenters.